The van der Waals surface area contributed by atoms with Gasteiger partial charge in [0.2, 0.25) is 5.91 Å². The highest BCUT2D eigenvalue weighted by Gasteiger charge is 2.26. The van der Waals surface area contributed by atoms with E-state index in [9.17, 15) is 9.90 Å². The topological polar surface area (TPSA) is 61.8 Å². The second kappa shape index (κ2) is 7.45. The highest BCUT2D eigenvalue weighted by molar-refractivity contribution is 7.15. The third-order valence-electron chi connectivity index (χ3n) is 4.45. The number of nitrogens with one attached hydrogen (secondary N) is 1. The fourth-order valence-corrected chi connectivity index (χ4v) is 3.92. The molecule has 6 heteroatoms. The van der Waals surface area contributed by atoms with E-state index in [0.29, 0.717) is 32.0 Å². The van der Waals surface area contributed by atoms with Crippen molar-refractivity contribution in [2.24, 2.45) is 0 Å². The highest BCUT2D eigenvalue weighted by atomic mass is 32.1. The third-order valence-corrected chi connectivity index (χ3v) is 5.50. The van der Waals surface area contributed by atoms with Crippen LogP contribution in [0.3, 0.4) is 0 Å². The largest absolute Gasteiger partial charge is 0.504 e. The van der Waals surface area contributed by atoms with Crippen LogP contribution in [0.1, 0.15) is 24.3 Å². The standard InChI is InChI=1S/C19H24N2O3S/c1-4-20-19(23)13(3)21-7-8-24-18-15(11-21)9-14(10-16(18)22)17-6-5-12(2)25-17/h5-6,9-10,13,22H,4,7-8,11H2,1-3H3,(H,20,23)/t13-/m0/s1. The van der Waals surface area contributed by atoms with E-state index in [1.807, 2.05) is 13.8 Å². The van der Waals surface area contributed by atoms with Crippen molar-refractivity contribution >= 4 is 17.2 Å². The SMILES string of the molecule is CCNC(=O)[C@H](C)N1CCOc2c(O)cc(-c3ccc(C)s3)cc2C1. The van der Waals surface area contributed by atoms with Crippen molar-refractivity contribution in [1.29, 1.82) is 0 Å². The van der Waals surface area contributed by atoms with E-state index in [-0.39, 0.29) is 17.7 Å². The van der Waals surface area contributed by atoms with Crippen LogP contribution >= 0.6 is 11.3 Å². The minimum Gasteiger partial charge on any atom is -0.504 e. The van der Waals surface area contributed by atoms with Crippen molar-refractivity contribution < 1.29 is 14.6 Å². The summed E-state index contributed by atoms with van der Waals surface area (Å²) in [6.07, 6.45) is 0. The van der Waals surface area contributed by atoms with Crippen LogP contribution in [0.15, 0.2) is 24.3 Å². The molecule has 2 heterocycles. The number of hydrogen-bond acceptors (Lipinski definition) is 5. The van der Waals surface area contributed by atoms with Gasteiger partial charge in [0.1, 0.15) is 6.61 Å². The first-order valence-electron chi connectivity index (χ1n) is 8.57. The number of carbonyl (C=O) groups excluding carboxylic acids is 1. The molecule has 0 unspecified atom stereocenters. The first kappa shape index (κ1) is 17.8. The van der Waals surface area contributed by atoms with E-state index >= 15 is 0 Å². The Morgan fingerprint density at radius 1 is 1.44 bits per heavy atom. The van der Waals surface area contributed by atoms with Crippen molar-refractivity contribution in [2.75, 3.05) is 19.7 Å². The van der Waals surface area contributed by atoms with Crippen molar-refractivity contribution in [2.45, 2.75) is 33.4 Å². The zero-order valence-electron chi connectivity index (χ0n) is 14.8. The van der Waals surface area contributed by atoms with E-state index in [4.69, 9.17) is 4.74 Å². The van der Waals surface area contributed by atoms with Gasteiger partial charge in [0.15, 0.2) is 11.5 Å². The van der Waals surface area contributed by atoms with Gasteiger partial charge in [-0.3, -0.25) is 9.69 Å². The Morgan fingerprint density at radius 3 is 2.92 bits per heavy atom. The van der Waals surface area contributed by atoms with Gasteiger partial charge in [-0.05, 0) is 50.6 Å². The molecule has 1 amide bonds. The maximum atomic E-state index is 12.2. The zero-order chi connectivity index (χ0) is 18.0. The van der Waals surface area contributed by atoms with Gasteiger partial charge in [0.05, 0.1) is 6.04 Å². The number of thiophene rings is 1. The molecule has 3 rings (SSSR count). The van der Waals surface area contributed by atoms with E-state index < -0.39 is 0 Å². The lowest BCUT2D eigenvalue weighted by atomic mass is 10.1. The average Bonchev–Trinajstić information content (AvgIpc) is 2.89. The average molecular weight is 360 g/mol. The van der Waals surface area contributed by atoms with Gasteiger partial charge >= 0.3 is 0 Å². The first-order chi connectivity index (χ1) is 12.0. The molecule has 0 spiro atoms. The molecule has 0 bridgehead atoms. The number of aromatic hydroxyl groups is 1. The number of benzene rings is 1. The number of phenolic OH excluding ortho intramolecular Hbond substituents is 1. The second-order valence-corrected chi connectivity index (χ2v) is 7.57. The van der Waals surface area contributed by atoms with E-state index in [1.54, 1.807) is 17.4 Å². The first-order valence-corrected chi connectivity index (χ1v) is 9.38. The smallest absolute Gasteiger partial charge is 0.237 e. The molecule has 1 atom stereocenters. The maximum absolute atomic E-state index is 12.2. The van der Waals surface area contributed by atoms with Crippen LogP contribution in [0.2, 0.25) is 0 Å². The van der Waals surface area contributed by atoms with Crippen molar-refractivity contribution in [1.82, 2.24) is 10.2 Å². The number of phenols is 1. The Hall–Kier alpha value is -2.05. The van der Waals surface area contributed by atoms with Crippen LogP contribution in [-0.4, -0.2) is 41.7 Å². The molecule has 25 heavy (non-hydrogen) atoms. The molecule has 2 aromatic rings. The number of nitrogens with zero attached hydrogens (tertiary/aromatic N) is 1. The van der Waals surface area contributed by atoms with E-state index in [2.05, 4.69) is 35.3 Å². The monoisotopic (exact) mass is 360 g/mol. The molecular formula is C19H24N2O3S. The molecule has 134 valence electrons. The fourth-order valence-electron chi connectivity index (χ4n) is 3.07. The van der Waals surface area contributed by atoms with Crippen LogP contribution in [0, 0.1) is 6.92 Å². The molecular weight excluding hydrogens is 336 g/mol. The van der Waals surface area contributed by atoms with Gasteiger partial charge in [0, 0.05) is 35.0 Å². The van der Waals surface area contributed by atoms with E-state index in [1.165, 1.54) is 4.88 Å². The highest BCUT2D eigenvalue weighted by Crippen LogP contribution is 2.39. The van der Waals surface area contributed by atoms with Crippen LogP contribution in [0.4, 0.5) is 0 Å². The summed E-state index contributed by atoms with van der Waals surface area (Å²) in [4.78, 5) is 16.6. The molecule has 0 saturated heterocycles. The number of rotatable bonds is 4. The Morgan fingerprint density at radius 2 is 2.24 bits per heavy atom. The summed E-state index contributed by atoms with van der Waals surface area (Å²) in [5, 5.41) is 13.3. The Kier molecular flexibility index (Phi) is 5.30. The molecule has 1 aromatic heterocycles. The summed E-state index contributed by atoms with van der Waals surface area (Å²) in [5.74, 6) is 0.703. The molecule has 1 aromatic carbocycles. The molecule has 2 N–H and O–H groups in total. The number of likely N-dealkylation sites (N-methyl/N-ethyl adjacent to an activating group) is 1. The van der Waals surface area contributed by atoms with Gasteiger partial charge in [-0.1, -0.05) is 0 Å². The van der Waals surface area contributed by atoms with Gasteiger partial charge in [-0.15, -0.1) is 11.3 Å². The summed E-state index contributed by atoms with van der Waals surface area (Å²) in [6, 6.07) is 7.70. The molecule has 0 aliphatic carbocycles. The zero-order valence-corrected chi connectivity index (χ0v) is 15.7. The summed E-state index contributed by atoms with van der Waals surface area (Å²) in [5.41, 5.74) is 1.89. The van der Waals surface area contributed by atoms with Gasteiger partial charge in [0.25, 0.3) is 0 Å². The summed E-state index contributed by atoms with van der Waals surface area (Å²) in [6.45, 7) is 8.16. The summed E-state index contributed by atoms with van der Waals surface area (Å²) >= 11 is 1.69. The number of amides is 1. The summed E-state index contributed by atoms with van der Waals surface area (Å²) < 4.78 is 5.78. The molecule has 0 radical (unpaired) electrons. The molecule has 1 aliphatic heterocycles. The van der Waals surface area contributed by atoms with Crippen LogP contribution in [-0.2, 0) is 11.3 Å². The lowest BCUT2D eigenvalue weighted by molar-refractivity contribution is -0.126. The minimum atomic E-state index is -0.246. The van der Waals surface area contributed by atoms with Gasteiger partial charge < -0.3 is 15.2 Å². The van der Waals surface area contributed by atoms with Crippen molar-refractivity contribution in [3.8, 4) is 21.9 Å². The number of carbonyl (C=O) groups is 1. The van der Waals surface area contributed by atoms with Crippen LogP contribution in [0.25, 0.3) is 10.4 Å². The predicted molar refractivity (Wildman–Crippen MR) is 100 cm³/mol. The van der Waals surface area contributed by atoms with Gasteiger partial charge in [-0.2, -0.15) is 0 Å². The molecule has 5 nitrogen and oxygen atoms in total. The second-order valence-electron chi connectivity index (χ2n) is 6.28. The lowest BCUT2D eigenvalue weighted by Crippen LogP contribution is -2.45. The minimum absolute atomic E-state index is 0.0141. The van der Waals surface area contributed by atoms with Crippen LogP contribution in [0.5, 0.6) is 11.5 Å². The Labute approximate surface area is 152 Å². The molecule has 0 saturated carbocycles. The normalized spacial score (nSPS) is 15.8. The van der Waals surface area contributed by atoms with Crippen LogP contribution < -0.4 is 10.1 Å². The van der Waals surface area contributed by atoms with Crippen molar-refractivity contribution in [3.05, 3.63) is 34.7 Å². The third kappa shape index (κ3) is 3.80. The molecule has 0 fully saturated rings. The van der Waals surface area contributed by atoms with E-state index in [0.717, 1.165) is 16.0 Å². The number of fused-ring (bicyclic) bond motifs is 1. The van der Waals surface area contributed by atoms with Gasteiger partial charge in [-0.25, -0.2) is 0 Å². The lowest BCUT2D eigenvalue weighted by Gasteiger charge is -2.26. The quantitative estimate of drug-likeness (QED) is 0.879. The maximum Gasteiger partial charge on any atom is 0.237 e. The molecule has 1 aliphatic rings. The number of aryl methyl sites for hydroxylation is 1. The van der Waals surface area contributed by atoms with Crippen molar-refractivity contribution in [3.63, 3.8) is 0 Å². The summed E-state index contributed by atoms with van der Waals surface area (Å²) in [7, 11) is 0. The fraction of sp³-hybridized carbons (Fsp3) is 0.421. The number of hydrogen-bond donors (Lipinski definition) is 2. The Balaban J connectivity index is 1.91. The Bertz CT molecular complexity index is 772. The number of ether oxygens (including phenoxy) is 1. The predicted octanol–water partition coefficient (Wildman–Crippen LogP) is 3.15.